The molecule has 2 rings (SSSR count). The summed E-state index contributed by atoms with van der Waals surface area (Å²) in [6.07, 6.45) is -3.81. The van der Waals surface area contributed by atoms with Crippen LogP contribution in [-0.2, 0) is 32.3 Å². The molecule has 38 heavy (non-hydrogen) atoms. The second-order valence-electron chi connectivity index (χ2n) is 9.14. The van der Waals surface area contributed by atoms with Crippen LogP contribution in [-0.4, -0.2) is 50.5 Å². The Morgan fingerprint density at radius 2 is 1.66 bits per heavy atom. The Kier molecular flexibility index (Phi) is 10.9. The van der Waals surface area contributed by atoms with Crippen LogP contribution in [0.1, 0.15) is 38.3 Å². The predicted molar refractivity (Wildman–Crippen MR) is 143 cm³/mol. The second kappa shape index (κ2) is 13.0. The summed E-state index contributed by atoms with van der Waals surface area (Å²) in [5.41, 5.74) is -1.02. The maximum atomic E-state index is 13.6. The molecule has 0 radical (unpaired) electrons. The van der Waals surface area contributed by atoms with Crippen LogP contribution in [0.25, 0.3) is 0 Å². The first-order valence-electron chi connectivity index (χ1n) is 11.7. The standard InChI is InChI=1S/C25H30Cl2F3N3O4S/c1-5-21(24(35)31-13-16(2)3)32(14-17-6-9-19(26)10-7-17)23(34)15-33(38(4,36)37)22-12-18(25(28,29)30)8-11-20(22)27/h6-12,16,21H,5,13-15H2,1-4H3,(H,31,35)/t21-/m0/s1. The molecule has 0 aliphatic rings. The average molecular weight is 596 g/mol. The van der Waals surface area contributed by atoms with E-state index in [1.807, 2.05) is 13.8 Å². The number of rotatable bonds is 11. The summed E-state index contributed by atoms with van der Waals surface area (Å²) in [6.45, 7) is 4.91. The van der Waals surface area contributed by atoms with Gasteiger partial charge in [0.05, 0.1) is 22.5 Å². The first-order chi connectivity index (χ1) is 17.5. The summed E-state index contributed by atoms with van der Waals surface area (Å²) in [6, 6.07) is 7.74. The van der Waals surface area contributed by atoms with Gasteiger partial charge < -0.3 is 10.2 Å². The number of benzene rings is 2. The highest BCUT2D eigenvalue weighted by molar-refractivity contribution is 7.92. The zero-order valence-electron chi connectivity index (χ0n) is 21.4. The minimum atomic E-state index is -4.77. The molecule has 0 aromatic heterocycles. The van der Waals surface area contributed by atoms with Gasteiger partial charge in [0.1, 0.15) is 12.6 Å². The molecule has 2 amide bonds. The van der Waals surface area contributed by atoms with Gasteiger partial charge in [-0.3, -0.25) is 13.9 Å². The fourth-order valence-corrected chi connectivity index (χ4v) is 4.85. The number of sulfonamides is 1. The Hall–Kier alpha value is -2.50. The number of nitrogens with one attached hydrogen (secondary N) is 1. The van der Waals surface area contributed by atoms with Gasteiger partial charge in [-0.25, -0.2) is 8.42 Å². The van der Waals surface area contributed by atoms with Crippen molar-refractivity contribution in [1.82, 2.24) is 10.2 Å². The molecule has 13 heteroatoms. The molecular formula is C25H30Cl2F3N3O4S. The van der Waals surface area contributed by atoms with E-state index in [0.29, 0.717) is 33.6 Å². The Morgan fingerprint density at radius 3 is 2.16 bits per heavy atom. The van der Waals surface area contributed by atoms with Crippen molar-refractivity contribution in [2.45, 2.75) is 46.0 Å². The highest BCUT2D eigenvalue weighted by Gasteiger charge is 2.35. The van der Waals surface area contributed by atoms with Crippen LogP contribution < -0.4 is 9.62 Å². The van der Waals surface area contributed by atoms with E-state index in [0.717, 1.165) is 12.3 Å². The van der Waals surface area contributed by atoms with Crippen LogP contribution in [0.3, 0.4) is 0 Å². The molecule has 0 bridgehead atoms. The topological polar surface area (TPSA) is 86.8 Å². The number of hydrogen-bond donors (Lipinski definition) is 1. The van der Waals surface area contributed by atoms with Crippen LogP contribution >= 0.6 is 23.2 Å². The van der Waals surface area contributed by atoms with E-state index in [1.54, 1.807) is 31.2 Å². The lowest BCUT2D eigenvalue weighted by Crippen LogP contribution is -2.52. The summed E-state index contributed by atoms with van der Waals surface area (Å²) in [5.74, 6) is -1.10. The minimum absolute atomic E-state index is 0.0719. The zero-order chi connectivity index (χ0) is 28.8. The van der Waals surface area contributed by atoms with Crippen LogP contribution in [0.4, 0.5) is 18.9 Å². The maximum Gasteiger partial charge on any atom is 0.416 e. The van der Waals surface area contributed by atoms with Crippen molar-refractivity contribution in [3.8, 4) is 0 Å². The number of carbonyl (C=O) groups excluding carboxylic acids is 2. The summed E-state index contributed by atoms with van der Waals surface area (Å²) < 4.78 is 65.9. The molecule has 0 saturated heterocycles. The number of hydrogen-bond acceptors (Lipinski definition) is 4. The van der Waals surface area contributed by atoms with E-state index in [4.69, 9.17) is 23.2 Å². The molecule has 0 aliphatic heterocycles. The van der Waals surface area contributed by atoms with Crippen LogP contribution in [0.15, 0.2) is 42.5 Å². The lowest BCUT2D eigenvalue weighted by Gasteiger charge is -2.33. The lowest BCUT2D eigenvalue weighted by molar-refractivity contribution is -0.140. The van der Waals surface area contributed by atoms with Gasteiger partial charge in [0.25, 0.3) is 0 Å². The van der Waals surface area contributed by atoms with E-state index in [-0.39, 0.29) is 23.9 Å². The van der Waals surface area contributed by atoms with E-state index >= 15 is 0 Å². The Balaban J connectivity index is 2.52. The molecule has 0 aliphatic carbocycles. The number of anilines is 1. The molecule has 7 nitrogen and oxygen atoms in total. The van der Waals surface area contributed by atoms with Crippen molar-refractivity contribution in [2.75, 3.05) is 23.7 Å². The molecule has 210 valence electrons. The van der Waals surface area contributed by atoms with Gasteiger partial charge in [-0.05, 0) is 48.2 Å². The Morgan fingerprint density at radius 1 is 1.05 bits per heavy atom. The first-order valence-corrected chi connectivity index (χ1v) is 14.3. The number of carbonyl (C=O) groups is 2. The van der Waals surface area contributed by atoms with Gasteiger partial charge in [0.2, 0.25) is 21.8 Å². The van der Waals surface area contributed by atoms with Crippen LogP contribution in [0, 0.1) is 5.92 Å². The lowest BCUT2D eigenvalue weighted by atomic mass is 10.1. The number of amides is 2. The van der Waals surface area contributed by atoms with Crippen molar-refractivity contribution in [3.63, 3.8) is 0 Å². The monoisotopic (exact) mass is 595 g/mol. The average Bonchev–Trinajstić information content (AvgIpc) is 2.81. The largest absolute Gasteiger partial charge is 0.416 e. The molecule has 1 atom stereocenters. The molecular weight excluding hydrogens is 566 g/mol. The summed E-state index contributed by atoms with van der Waals surface area (Å²) in [4.78, 5) is 27.9. The molecule has 2 aromatic rings. The summed E-state index contributed by atoms with van der Waals surface area (Å²) in [5, 5.41) is 2.94. The summed E-state index contributed by atoms with van der Waals surface area (Å²) in [7, 11) is -4.27. The van der Waals surface area contributed by atoms with E-state index < -0.39 is 51.9 Å². The zero-order valence-corrected chi connectivity index (χ0v) is 23.7. The maximum absolute atomic E-state index is 13.6. The molecule has 2 aromatic carbocycles. The third kappa shape index (κ3) is 8.78. The van der Waals surface area contributed by atoms with Crippen molar-refractivity contribution >= 4 is 50.7 Å². The van der Waals surface area contributed by atoms with Crippen molar-refractivity contribution in [1.29, 1.82) is 0 Å². The molecule has 0 saturated carbocycles. The van der Waals surface area contributed by atoms with Crippen molar-refractivity contribution in [3.05, 3.63) is 63.6 Å². The fourth-order valence-electron chi connectivity index (χ4n) is 3.60. The Labute approximate surface area is 230 Å². The minimum Gasteiger partial charge on any atom is -0.354 e. The van der Waals surface area contributed by atoms with Gasteiger partial charge in [-0.1, -0.05) is 56.1 Å². The third-order valence-corrected chi connectivity index (χ3v) is 7.26. The molecule has 0 heterocycles. The third-order valence-electron chi connectivity index (χ3n) is 5.56. The van der Waals surface area contributed by atoms with E-state index in [2.05, 4.69) is 5.32 Å². The fraction of sp³-hybridized carbons (Fsp3) is 0.440. The highest BCUT2D eigenvalue weighted by atomic mass is 35.5. The summed E-state index contributed by atoms with van der Waals surface area (Å²) >= 11 is 12.0. The Bertz CT molecular complexity index is 1240. The number of alkyl halides is 3. The van der Waals surface area contributed by atoms with Crippen LogP contribution in [0.5, 0.6) is 0 Å². The molecule has 0 fully saturated rings. The molecule has 1 N–H and O–H groups in total. The van der Waals surface area contributed by atoms with Gasteiger partial charge in [0, 0.05) is 18.1 Å². The predicted octanol–water partition coefficient (Wildman–Crippen LogP) is 5.36. The smallest absolute Gasteiger partial charge is 0.354 e. The van der Waals surface area contributed by atoms with Gasteiger partial charge in [0.15, 0.2) is 0 Å². The van der Waals surface area contributed by atoms with Gasteiger partial charge >= 0.3 is 6.18 Å². The van der Waals surface area contributed by atoms with Crippen molar-refractivity contribution in [2.24, 2.45) is 5.92 Å². The van der Waals surface area contributed by atoms with E-state index in [9.17, 15) is 31.2 Å². The normalized spacial score (nSPS) is 12.8. The molecule has 0 unspecified atom stereocenters. The molecule has 0 spiro atoms. The quantitative estimate of drug-likeness (QED) is 0.379. The highest BCUT2D eigenvalue weighted by Crippen LogP contribution is 2.36. The SMILES string of the molecule is CC[C@@H](C(=O)NCC(C)C)N(Cc1ccc(Cl)cc1)C(=O)CN(c1cc(C(F)(F)F)ccc1Cl)S(C)(=O)=O. The van der Waals surface area contributed by atoms with E-state index in [1.165, 1.54) is 4.90 Å². The van der Waals surface area contributed by atoms with Gasteiger partial charge in [-0.15, -0.1) is 0 Å². The van der Waals surface area contributed by atoms with Crippen LogP contribution in [0.2, 0.25) is 10.0 Å². The number of halogens is 5. The second-order valence-corrected chi connectivity index (χ2v) is 11.9. The number of nitrogens with zero attached hydrogens (tertiary/aromatic N) is 2. The first kappa shape index (κ1) is 31.7. The van der Waals surface area contributed by atoms with Crippen molar-refractivity contribution < 1.29 is 31.2 Å². The van der Waals surface area contributed by atoms with Gasteiger partial charge in [-0.2, -0.15) is 13.2 Å².